The van der Waals surface area contributed by atoms with Gasteiger partial charge in [-0.1, -0.05) is 0 Å². The molecule has 2 aliphatic heterocycles. The summed E-state index contributed by atoms with van der Waals surface area (Å²) < 4.78 is 16.4. The summed E-state index contributed by atoms with van der Waals surface area (Å²) in [6.07, 6.45) is 0.870. The molecule has 2 heterocycles. The molecule has 0 aromatic heterocycles. The predicted octanol–water partition coefficient (Wildman–Crippen LogP) is -0.727. The van der Waals surface area contributed by atoms with Crippen molar-refractivity contribution in [2.75, 3.05) is 27.4 Å². The first kappa shape index (κ1) is 10.4. The maximum absolute atomic E-state index is 5.88. The van der Waals surface area contributed by atoms with Crippen LogP contribution in [0, 0.1) is 0 Å². The maximum atomic E-state index is 5.88. The standard InChI is InChI=1S/C9H16BNO3/c1-12-5-9-3-4-11-6(7(9)13-2)8(10)14-9/h6-8,11H,3-5H2,1-2H3/t6-,7?,8+,9+/m0/s1. The summed E-state index contributed by atoms with van der Waals surface area (Å²) in [7, 11) is 9.24. The number of hydrogen-bond donors (Lipinski definition) is 1. The predicted molar refractivity (Wildman–Crippen MR) is 52.4 cm³/mol. The molecule has 2 rings (SSSR count). The summed E-state index contributed by atoms with van der Waals surface area (Å²) in [5.74, 6) is 0. The van der Waals surface area contributed by atoms with Gasteiger partial charge in [0.2, 0.25) is 0 Å². The van der Waals surface area contributed by atoms with Crippen LogP contribution in [0.4, 0.5) is 0 Å². The average molecular weight is 197 g/mol. The maximum Gasteiger partial charge on any atom is 0.120 e. The van der Waals surface area contributed by atoms with E-state index in [2.05, 4.69) is 5.32 Å². The molecule has 4 nitrogen and oxygen atoms in total. The van der Waals surface area contributed by atoms with Gasteiger partial charge < -0.3 is 19.5 Å². The highest BCUT2D eigenvalue weighted by atomic mass is 16.6. The van der Waals surface area contributed by atoms with Gasteiger partial charge in [0.25, 0.3) is 0 Å². The normalized spacial score (nSPS) is 46.9. The van der Waals surface area contributed by atoms with Gasteiger partial charge in [-0.15, -0.1) is 0 Å². The minimum absolute atomic E-state index is 0.00815. The first-order chi connectivity index (χ1) is 6.73. The highest BCUT2D eigenvalue weighted by molar-refractivity contribution is 6.11. The van der Waals surface area contributed by atoms with E-state index in [1.165, 1.54) is 0 Å². The molecule has 0 amide bonds. The van der Waals surface area contributed by atoms with Gasteiger partial charge in [0, 0.05) is 20.2 Å². The zero-order valence-corrected chi connectivity index (χ0v) is 8.66. The summed E-state index contributed by atoms with van der Waals surface area (Å²) in [4.78, 5) is 0. The van der Waals surface area contributed by atoms with E-state index in [4.69, 9.17) is 22.1 Å². The molecule has 0 aliphatic carbocycles. The van der Waals surface area contributed by atoms with E-state index in [9.17, 15) is 0 Å². The van der Waals surface area contributed by atoms with E-state index in [1.54, 1.807) is 14.2 Å². The van der Waals surface area contributed by atoms with Crippen molar-refractivity contribution in [3.63, 3.8) is 0 Å². The van der Waals surface area contributed by atoms with E-state index in [0.29, 0.717) is 6.61 Å². The zero-order chi connectivity index (χ0) is 10.2. The highest BCUT2D eigenvalue weighted by Gasteiger charge is 2.55. The van der Waals surface area contributed by atoms with Crippen LogP contribution in [0.1, 0.15) is 6.42 Å². The zero-order valence-electron chi connectivity index (χ0n) is 8.66. The summed E-state index contributed by atoms with van der Waals surface area (Å²) in [6.45, 7) is 1.44. The van der Waals surface area contributed by atoms with Crippen molar-refractivity contribution in [3.8, 4) is 0 Å². The van der Waals surface area contributed by atoms with Crippen LogP contribution in [-0.4, -0.2) is 59.0 Å². The number of methoxy groups -OCH3 is 2. The molecule has 5 heteroatoms. The first-order valence-electron chi connectivity index (χ1n) is 4.92. The Balaban J connectivity index is 2.20. The number of piperidine rings is 1. The highest BCUT2D eigenvalue weighted by Crippen LogP contribution is 2.37. The second kappa shape index (κ2) is 3.81. The number of fused-ring (bicyclic) bond motifs is 2. The third kappa shape index (κ3) is 1.39. The van der Waals surface area contributed by atoms with E-state index < -0.39 is 0 Å². The Kier molecular flexibility index (Phi) is 2.84. The topological polar surface area (TPSA) is 39.7 Å². The summed E-state index contributed by atoms with van der Waals surface area (Å²) in [5, 5.41) is 3.31. The fourth-order valence-corrected chi connectivity index (χ4v) is 2.58. The largest absolute Gasteiger partial charge is 0.382 e. The van der Waals surface area contributed by atoms with Gasteiger partial charge in [-0.25, -0.2) is 0 Å². The van der Waals surface area contributed by atoms with Crippen molar-refractivity contribution in [1.29, 1.82) is 0 Å². The Hall–Kier alpha value is -0.0951. The number of nitrogens with one attached hydrogen (secondary N) is 1. The smallest absolute Gasteiger partial charge is 0.120 e. The quantitative estimate of drug-likeness (QED) is 0.605. The van der Waals surface area contributed by atoms with Crippen molar-refractivity contribution < 1.29 is 14.2 Å². The van der Waals surface area contributed by atoms with Crippen molar-refractivity contribution in [3.05, 3.63) is 0 Å². The number of ether oxygens (including phenoxy) is 3. The van der Waals surface area contributed by atoms with Crippen LogP contribution in [0.3, 0.4) is 0 Å². The van der Waals surface area contributed by atoms with Crippen molar-refractivity contribution >= 4 is 7.85 Å². The van der Waals surface area contributed by atoms with Gasteiger partial charge >= 0.3 is 0 Å². The van der Waals surface area contributed by atoms with Crippen LogP contribution < -0.4 is 5.32 Å². The molecule has 1 unspecified atom stereocenters. The molecular formula is C9H16BNO3. The summed E-state index contributed by atoms with van der Waals surface area (Å²) in [5.41, 5.74) is -0.348. The Morgan fingerprint density at radius 3 is 3.00 bits per heavy atom. The molecular weight excluding hydrogens is 181 g/mol. The second-order valence-corrected chi connectivity index (χ2v) is 3.97. The Morgan fingerprint density at radius 2 is 2.36 bits per heavy atom. The molecule has 4 atom stereocenters. The molecule has 0 saturated carbocycles. The van der Waals surface area contributed by atoms with Crippen LogP contribution in [0.25, 0.3) is 0 Å². The monoisotopic (exact) mass is 197 g/mol. The Morgan fingerprint density at radius 1 is 1.57 bits per heavy atom. The molecule has 2 fully saturated rings. The lowest BCUT2D eigenvalue weighted by atomic mass is 9.83. The van der Waals surface area contributed by atoms with Crippen LogP contribution >= 0.6 is 0 Å². The molecule has 1 N–H and O–H groups in total. The number of rotatable bonds is 3. The molecule has 0 spiro atoms. The molecule has 0 aromatic rings. The van der Waals surface area contributed by atoms with E-state index >= 15 is 0 Å². The molecule has 2 bridgehead atoms. The van der Waals surface area contributed by atoms with Crippen LogP contribution in [0.5, 0.6) is 0 Å². The van der Waals surface area contributed by atoms with Crippen LogP contribution in [-0.2, 0) is 14.2 Å². The fourth-order valence-electron chi connectivity index (χ4n) is 2.58. The lowest BCUT2D eigenvalue weighted by molar-refractivity contribution is -0.124. The molecule has 14 heavy (non-hydrogen) atoms. The third-order valence-corrected chi connectivity index (χ3v) is 3.14. The van der Waals surface area contributed by atoms with Crippen LogP contribution in [0.15, 0.2) is 0 Å². The molecule has 0 aromatic carbocycles. The van der Waals surface area contributed by atoms with Gasteiger partial charge in [-0.2, -0.15) is 0 Å². The fraction of sp³-hybridized carbons (Fsp3) is 1.00. The molecule has 78 valence electrons. The molecule has 2 aliphatic rings. The van der Waals surface area contributed by atoms with E-state index in [0.717, 1.165) is 13.0 Å². The SMILES string of the molecule is [B][C@@H]1O[C@@]2(COC)CCN[C@H]1C2OC. The van der Waals surface area contributed by atoms with E-state index in [1.807, 2.05) is 0 Å². The van der Waals surface area contributed by atoms with E-state index in [-0.39, 0.29) is 23.8 Å². The van der Waals surface area contributed by atoms with Crippen molar-refractivity contribution in [1.82, 2.24) is 5.32 Å². The Bertz CT molecular complexity index is 212. The van der Waals surface area contributed by atoms with Crippen molar-refractivity contribution in [2.24, 2.45) is 0 Å². The minimum atomic E-state index is -0.348. The lowest BCUT2D eigenvalue weighted by Gasteiger charge is -2.38. The van der Waals surface area contributed by atoms with Gasteiger partial charge in [0.15, 0.2) is 0 Å². The van der Waals surface area contributed by atoms with Crippen LogP contribution in [0.2, 0.25) is 0 Å². The van der Waals surface area contributed by atoms with Gasteiger partial charge in [-0.05, 0) is 13.0 Å². The third-order valence-electron chi connectivity index (χ3n) is 3.14. The Labute approximate surface area is 85.7 Å². The summed E-state index contributed by atoms with van der Waals surface area (Å²) in [6, 6.07) is -0.207. The van der Waals surface area contributed by atoms with Gasteiger partial charge in [-0.3, -0.25) is 0 Å². The van der Waals surface area contributed by atoms with Crippen molar-refractivity contribution in [2.45, 2.75) is 30.2 Å². The lowest BCUT2D eigenvalue weighted by Crippen LogP contribution is -2.58. The minimum Gasteiger partial charge on any atom is -0.382 e. The first-order valence-corrected chi connectivity index (χ1v) is 4.92. The molecule has 2 saturated heterocycles. The number of hydrogen-bond acceptors (Lipinski definition) is 4. The second-order valence-electron chi connectivity index (χ2n) is 3.97. The average Bonchev–Trinajstić information content (AvgIpc) is 2.30. The van der Waals surface area contributed by atoms with Gasteiger partial charge in [0.05, 0.1) is 12.6 Å². The molecule has 2 radical (unpaired) electrons. The van der Waals surface area contributed by atoms with Gasteiger partial charge in [0.1, 0.15) is 19.6 Å². The summed E-state index contributed by atoms with van der Waals surface area (Å²) >= 11 is 0.